The van der Waals surface area contributed by atoms with Crippen LogP contribution in [-0.2, 0) is 0 Å². The van der Waals surface area contributed by atoms with Gasteiger partial charge in [0.05, 0.1) is 23.0 Å². The van der Waals surface area contributed by atoms with E-state index < -0.39 is 5.60 Å². The molecule has 120 valence electrons. The van der Waals surface area contributed by atoms with Crippen molar-refractivity contribution in [3.05, 3.63) is 36.3 Å². The lowest BCUT2D eigenvalue weighted by molar-refractivity contribution is 0.0264. The summed E-state index contributed by atoms with van der Waals surface area (Å²) in [6, 6.07) is 6.12. The van der Waals surface area contributed by atoms with E-state index in [0.717, 1.165) is 27.5 Å². The lowest BCUT2D eigenvalue weighted by Gasteiger charge is -2.17. The number of nitrogens with one attached hydrogen (secondary N) is 1. The zero-order valence-corrected chi connectivity index (χ0v) is 14.6. The fraction of sp³-hybridized carbons (Fsp3) is 0.294. The Hall–Kier alpha value is -1.97. The Labute approximate surface area is 137 Å². The first kappa shape index (κ1) is 15.9. The van der Waals surface area contributed by atoms with Crippen LogP contribution in [0.3, 0.4) is 0 Å². The molecule has 0 fully saturated rings. The minimum Gasteiger partial charge on any atom is -0.473 e. The lowest BCUT2D eigenvalue weighted by Crippen LogP contribution is -2.28. The van der Waals surface area contributed by atoms with Gasteiger partial charge in [-0.3, -0.25) is 0 Å². The van der Waals surface area contributed by atoms with Crippen molar-refractivity contribution in [3.63, 3.8) is 0 Å². The summed E-state index contributed by atoms with van der Waals surface area (Å²) < 4.78 is 5.55. The standard InChI is InChI=1S/C17H20N3O2P/c1-10-16(22-9-17(2,3)21)19-8-13(20-10)12-7-18-15-11(12)5-4-6-14(15)23/h4-8,18,21H,9,23H2,1-3H3. The summed E-state index contributed by atoms with van der Waals surface area (Å²) in [5, 5.41) is 12.0. The fourth-order valence-electron chi connectivity index (χ4n) is 2.38. The molecule has 0 spiro atoms. The van der Waals surface area contributed by atoms with Gasteiger partial charge in [-0.25, -0.2) is 9.97 Å². The highest BCUT2D eigenvalue weighted by Gasteiger charge is 2.16. The number of aryl methyl sites for hydroxylation is 1. The monoisotopic (exact) mass is 329 g/mol. The molecule has 0 aliphatic heterocycles. The minimum absolute atomic E-state index is 0.172. The molecule has 1 atom stereocenters. The Morgan fingerprint density at radius 2 is 2.13 bits per heavy atom. The number of nitrogens with zero attached hydrogens (tertiary/aromatic N) is 2. The highest BCUT2D eigenvalue weighted by Crippen LogP contribution is 2.28. The summed E-state index contributed by atoms with van der Waals surface area (Å²) in [4.78, 5) is 12.2. The van der Waals surface area contributed by atoms with Gasteiger partial charge in [-0.1, -0.05) is 18.2 Å². The summed E-state index contributed by atoms with van der Waals surface area (Å²) in [6.07, 6.45) is 3.64. The van der Waals surface area contributed by atoms with E-state index in [1.54, 1.807) is 20.0 Å². The molecule has 0 saturated carbocycles. The number of rotatable bonds is 4. The van der Waals surface area contributed by atoms with Crippen LogP contribution in [0.1, 0.15) is 19.5 Å². The van der Waals surface area contributed by atoms with Crippen LogP contribution < -0.4 is 10.0 Å². The van der Waals surface area contributed by atoms with Crippen LogP contribution in [0.4, 0.5) is 0 Å². The topological polar surface area (TPSA) is 71.0 Å². The molecule has 2 heterocycles. The average Bonchev–Trinajstić information content (AvgIpc) is 2.90. The number of benzene rings is 1. The van der Waals surface area contributed by atoms with Crippen LogP contribution >= 0.6 is 9.24 Å². The molecule has 23 heavy (non-hydrogen) atoms. The van der Waals surface area contributed by atoms with Gasteiger partial charge in [-0.15, -0.1) is 9.24 Å². The van der Waals surface area contributed by atoms with Crippen molar-refractivity contribution < 1.29 is 9.84 Å². The number of aliphatic hydroxyl groups is 1. The first-order chi connectivity index (χ1) is 10.8. The summed E-state index contributed by atoms with van der Waals surface area (Å²) in [6.45, 7) is 5.41. The molecule has 0 amide bonds. The zero-order chi connectivity index (χ0) is 16.6. The van der Waals surface area contributed by atoms with Gasteiger partial charge in [0.15, 0.2) is 0 Å². The van der Waals surface area contributed by atoms with Gasteiger partial charge in [-0.2, -0.15) is 0 Å². The number of fused-ring (bicyclic) bond motifs is 1. The molecule has 6 heteroatoms. The van der Waals surface area contributed by atoms with Crippen LogP contribution in [0.5, 0.6) is 5.88 Å². The van der Waals surface area contributed by atoms with E-state index in [1.165, 1.54) is 0 Å². The Kier molecular flexibility index (Phi) is 4.09. The van der Waals surface area contributed by atoms with Crippen molar-refractivity contribution in [2.75, 3.05) is 6.61 Å². The first-order valence-electron chi connectivity index (χ1n) is 7.40. The van der Waals surface area contributed by atoms with Gasteiger partial charge in [0.25, 0.3) is 0 Å². The zero-order valence-electron chi connectivity index (χ0n) is 13.4. The van der Waals surface area contributed by atoms with Gasteiger partial charge in [0, 0.05) is 17.1 Å². The quantitative estimate of drug-likeness (QED) is 0.722. The first-order valence-corrected chi connectivity index (χ1v) is 7.98. The van der Waals surface area contributed by atoms with E-state index in [-0.39, 0.29) is 6.61 Å². The largest absolute Gasteiger partial charge is 0.473 e. The Bertz CT molecular complexity index is 853. The third-order valence-electron chi connectivity index (χ3n) is 3.49. The SMILES string of the molecule is Cc1nc(-c2c[nH]c3c(P)cccc23)cnc1OCC(C)(C)O. The Balaban J connectivity index is 1.94. The molecule has 0 radical (unpaired) electrons. The van der Waals surface area contributed by atoms with Gasteiger partial charge in [-0.05, 0) is 26.1 Å². The third-order valence-corrected chi connectivity index (χ3v) is 3.97. The molecule has 2 aromatic heterocycles. The number of hydrogen-bond acceptors (Lipinski definition) is 4. The summed E-state index contributed by atoms with van der Waals surface area (Å²) in [5.41, 5.74) is 2.67. The van der Waals surface area contributed by atoms with E-state index in [4.69, 9.17) is 4.74 Å². The number of aromatic nitrogens is 3. The van der Waals surface area contributed by atoms with Crippen LogP contribution in [0.2, 0.25) is 0 Å². The molecule has 3 rings (SSSR count). The van der Waals surface area contributed by atoms with Crippen molar-refractivity contribution in [1.29, 1.82) is 0 Å². The molecular weight excluding hydrogens is 309 g/mol. The normalized spacial score (nSPS) is 11.9. The Morgan fingerprint density at radius 3 is 2.83 bits per heavy atom. The van der Waals surface area contributed by atoms with Crippen molar-refractivity contribution >= 4 is 25.4 Å². The number of para-hydroxylation sites is 1. The molecule has 0 aliphatic carbocycles. The number of ether oxygens (including phenoxy) is 1. The second-order valence-electron chi connectivity index (χ2n) is 6.22. The smallest absolute Gasteiger partial charge is 0.235 e. The Morgan fingerprint density at radius 1 is 1.35 bits per heavy atom. The maximum Gasteiger partial charge on any atom is 0.235 e. The van der Waals surface area contributed by atoms with Gasteiger partial charge < -0.3 is 14.8 Å². The van der Waals surface area contributed by atoms with Gasteiger partial charge in [0.2, 0.25) is 5.88 Å². The number of aromatic amines is 1. The van der Waals surface area contributed by atoms with Gasteiger partial charge in [0.1, 0.15) is 12.3 Å². The molecule has 0 aliphatic rings. The van der Waals surface area contributed by atoms with E-state index in [1.807, 2.05) is 25.3 Å². The summed E-state index contributed by atoms with van der Waals surface area (Å²) in [5.74, 6) is 0.447. The van der Waals surface area contributed by atoms with Crippen molar-refractivity contribution in [2.45, 2.75) is 26.4 Å². The third kappa shape index (κ3) is 3.36. The predicted octanol–water partition coefficient (Wildman–Crippen LogP) is 2.58. The van der Waals surface area contributed by atoms with E-state index >= 15 is 0 Å². The molecule has 0 saturated heterocycles. The molecule has 5 nitrogen and oxygen atoms in total. The molecule has 0 bridgehead atoms. The van der Waals surface area contributed by atoms with E-state index in [9.17, 15) is 5.11 Å². The number of hydrogen-bond donors (Lipinski definition) is 2. The molecule has 1 unspecified atom stereocenters. The highest BCUT2D eigenvalue weighted by atomic mass is 31.0. The molecule has 2 N–H and O–H groups in total. The molecular formula is C17H20N3O2P. The van der Waals surface area contributed by atoms with Crippen LogP contribution in [0.25, 0.3) is 22.2 Å². The highest BCUT2D eigenvalue weighted by molar-refractivity contribution is 7.28. The van der Waals surface area contributed by atoms with Crippen LogP contribution in [0.15, 0.2) is 30.6 Å². The number of H-pyrrole nitrogens is 1. The molecule has 1 aromatic carbocycles. The van der Waals surface area contributed by atoms with Crippen LogP contribution in [-0.4, -0.2) is 32.3 Å². The predicted molar refractivity (Wildman–Crippen MR) is 95.2 cm³/mol. The summed E-state index contributed by atoms with van der Waals surface area (Å²) in [7, 11) is 2.73. The lowest BCUT2D eigenvalue weighted by atomic mass is 10.1. The maximum absolute atomic E-state index is 9.74. The average molecular weight is 329 g/mol. The minimum atomic E-state index is -0.904. The molecule has 3 aromatic rings. The van der Waals surface area contributed by atoms with Crippen molar-refractivity contribution in [2.24, 2.45) is 0 Å². The summed E-state index contributed by atoms with van der Waals surface area (Å²) >= 11 is 0. The second-order valence-corrected chi connectivity index (χ2v) is 6.84. The maximum atomic E-state index is 9.74. The van der Waals surface area contributed by atoms with E-state index in [2.05, 4.69) is 30.3 Å². The van der Waals surface area contributed by atoms with Crippen molar-refractivity contribution in [1.82, 2.24) is 15.0 Å². The second kappa shape index (κ2) is 5.91. The fourth-order valence-corrected chi connectivity index (χ4v) is 2.73. The van der Waals surface area contributed by atoms with E-state index in [0.29, 0.717) is 11.6 Å². The van der Waals surface area contributed by atoms with Crippen molar-refractivity contribution in [3.8, 4) is 17.1 Å². The van der Waals surface area contributed by atoms with Gasteiger partial charge >= 0.3 is 0 Å². The van der Waals surface area contributed by atoms with Crippen LogP contribution in [0, 0.1) is 6.92 Å².